The van der Waals surface area contributed by atoms with Gasteiger partial charge >= 0.3 is 0 Å². The van der Waals surface area contributed by atoms with Crippen LogP contribution in [0.3, 0.4) is 0 Å². The number of nitrogens with one attached hydrogen (secondary N) is 2. The van der Waals surface area contributed by atoms with Crippen LogP contribution in [0.2, 0.25) is 0 Å². The lowest BCUT2D eigenvalue weighted by Crippen LogP contribution is -2.13. The number of hydrogen-bond acceptors (Lipinski definition) is 5. The zero-order valence-corrected chi connectivity index (χ0v) is 14.3. The van der Waals surface area contributed by atoms with Gasteiger partial charge in [0.1, 0.15) is 0 Å². The molecule has 0 bridgehead atoms. The van der Waals surface area contributed by atoms with E-state index in [0.29, 0.717) is 22.8 Å². The Morgan fingerprint density at radius 1 is 1.04 bits per heavy atom. The summed E-state index contributed by atoms with van der Waals surface area (Å²) in [7, 11) is 0. The molecule has 0 unspecified atom stereocenters. The van der Waals surface area contributed by atoms with Crippen molar-refractivity contribution >= 4 is 45.3 Å². The van der Waals surface area contributed by atoms with Crippen LogP contribution in [0, 0.1) is 0 Å². The van der Waals surface area contributed by atoms with Crippen molar-refractivity contribution in [3.05, 3.63) is 63.8 Å². The lowest BCUT2D eigenvalue weighted by atomic mass is 10.1. The quantitative estimate of drug-likeness (QED) is 0.700. The van der Waals surface area contributed by atoms with E-state index in [1.54, 1.807) is 47.2 Å². The molecule has 0 aliphatic heterocycles. The molecule has 1 aromatic carbocycles. The SMILES string of the molecule is O=C(CCc1ccsc1)Nc1ccc(C(=O)Nc2nccs2)cc1. The van der Waals surface area contributed by atoms with E-state index in [1.807, 2.05) is 16.8 Å². The van der Waals surface area contributed by atoms with E-state index in [9.17, 15) is 9.59 Å². The third-order valence-electron chi connectivity index (χ3n) is 3.30. The molecular weight excluding hydrogens is 342 g/mol. The number of carbonyl (C=O) groups is 2. The Hall–Kier alpha value is -2.51. The Morgan fingerprint density at radius 3 is 2.54 bits per heavy atom. The molecule has 0 atom stereocenters. The second-order valence-corrected chi connectivity index (χ2v) is 6.72. The number of thiazole rings is 1. The monoisotopic (exact) mass is 357 g/mol. The third kappa shape index (κ3) is 4.50. The van der Waals surface area contributed by atoms with Gasteiger partial charge in [0.2, 0.25) is 5.91 Å². The maximum atomic E-state index is 12.0. The highest BCUT2D eigenvalue weighted by Crippen LogP contribution is 2.15. The van der Waals surface area contributed by atoms with Crippen LogP contribution >= 0.6 is 22.7 Å². The number of amides is 2. The van der Waals surface area contributed by atoms with E-state index in [0.717, 1.165) is 6.42 Å². The number of thiophene rings is 1. The minimum Gasteiger partial charge on any atom is -0.326 e. The topological polar surface area (TPSA) is 71.1 Å². The molecule has 0 saturated carbocycles. The largest absolute Gasteiger partial charge is 0.326 e. The van der Waals surface area contributed by atoms with E-state index in [4.69, 9.17) is 0 Å². The number of aromatic nitrogens is 1. The fraction of sp³-hybridized carbons (Fsp3) is 0.118. The number of anilines is 2. The number of nitrogens with zero attached hydrogens (tertiary/aromatic N) is 1. The lowest BCUT2D eigenvalue weighted by molar-refractivity contribution is -0.116. The molecule has 122 valence electrons. The summed E-state index contributed by atoms with van der Waals surface area (Å²) in [4.78, 5) is 28.0. The Balaban J connectivity index is 1.52. The normalized spacial score (nSPS) is 10.3. The van der Waals surface area contributed by atoms with Crippen molar-refractivity contribution in [2.45, 2.75) is 12.8 Å². The Bertz CT molecular complexity index is 797. The number of aryl methyl sites for hydroxylation is 1. The van der Waals surface area contributed by atoms with Crippen LogP contribution in [0.1, 0.15) is 22.3 Å². The summed E-state index contributed by atoms with van der Waals surface area (Å²) in [6.45, 7) is 0. The predicted molar refractivity (Wildman–Crippen MR) is 97.8 cm³/mol. The van der Waals surface area contributed by atoms with E-state index in [1.165, 1.54) is 16.9 Å². The van der Waals surface area contributed by atoms with Gasteiger partial charge in [0.15, 0.2) is 5.13 Å². The van der Waals surface area contributed by atoms with Crippen LogP contribution in [0.25, 0.3) is 0 Å². The highest BCUT2D eigenvalue weighted by atomic mass is 32.1. The van der Waals surface area contributed by atoms with Gasteiger partial charge in [0.05, 0.1) is 0 Å². The van der Waals surface area contributed by atoms with Crippen molar-refractivity contribution < 1.29 is 9.59 Å². The minimum absolute atomic E-state index is 0.0406. The van der Waals surface area contributed by atoms with Crippen molar-refractivity contribution in [2.75, 3.05) is 10.6 Å². The summed E-state index contributed by atoms with van der Waals surface area (Å²) >= 11 is 2.99. The number of hydrogen-bond donors (Lipinski definition) is 2. The molecule has 2 aromatic heterocycles. The summed E-state index contributed by atoms with van der Waals surface area (Å²) in [6.07, 6.45) is 2.79. The highest BCUT2D eigenvalue weighted by molar-refractivity contribution is 7.13. The second-order valence-electron chi connectivity index (χ2n) is 5.05. The van der Waals surface area contributed by atoms with Crippen molar-refractivity contribution in [2.24, 2.45) is 0 Å². The number of rotatable bonds is 6. The van der Waals surface area contributed by atoms with E-state index in [-0.39, 0.29) is 11.8 Å². The molecule has 0 aliphatic rings. The van der Waals surface area contributed by atoms with Crippen LogP contribution in [-0.2, 0) is 11.2 Å². The molecule has 5 nitrogen and oxygen atoms in total. The van der Waals surface area contributed by atoms with Crippen molar-refractivity contribution in [3.63, 3.8) is 0 Å². The van der Waals surface area contributed by atoms with E-state index >= 15 is 0 Å². The van der Waals surface area contributed by atoms with Crippen LogP contribution in [0.5, 0.6) is 0 Å². The fourth-order valence-corrected chi connectivity index (χ4v) is 3.30. The van der Waals surface area contributed by atoms with Gasteiger partial charge in [-0.25, -0.2) is 4.98 Å². The first-order chi connectivity index (χ1) is 11.7. The molecule has 0 saturated heterocycles. The summed E-state index contributed by atoms with van der Waals surface area (Å²) in [5.74, 6) is -0.263. The Morgan fingerprint density at radius 2 is 1.88 bits per heavy atom. The molecule has 7 heteroatoms. The highest BCUT2D eigenvalue weighted by Gasteiger charge is 2.08. The maximum Gasteiger partial charge on any atom is 0.257 e. The molecule has 0 aliphatic carbocycles. The maximum absolute atomic E-state index is 12.0. The molecule has 24 heavy (non-hydrogen) atoms. The molecule has 2 N–H and O–H groups in total. The molecule has 2 heterocycles. The average Bonchev–Trinajstić information content (AvgIpc) is 3.27. The Labute approximate surface area is 147 Å². The zero-order chi connectivity index (χ0) is 16.8. The summed E-state index contributed by atoms with van der Waals surface area (Å²) in [6, 6.07) is 8.82. The first kappa shape index (κ1) is 16.4. The smallest absolute Gasteiger partial charge is 0.257 e. The first-order valence-corrected chi connectivity index (χ1v) is 9.15. The number of carbonyl (C=O) groups excluding carboxylic acids is 2. The standard InChI is InChI=1S/C17H15N3O2S2/c21-15(6-1-12-7-9-23-11-12)19-14-4-2-13(3-5-14)16(22)20-17-18-8-10-24-17/h2-5,7-11H,1,6H2,(H,19,21)(H,18,20,22). The molecule has 0 spiro atoms. The van der Waals surface area contributed by atoms with E-state index in [2.05, 4.69) is 15.6 Å². The Kier molecular flexibility index (Phi) is 5.35. The molecule has 3 aromatic rings. The van der Waals surface area contributed by atoms with Crippen LogP contribution in [0.15, 0.2) is 52.7 Å². The van der Waals surface area contributed by atoms with Crippen molar-refractivity contribution in [1.82, 2.24) is 4.98 Å². The fourth-order valence-electron chi connectivity index (χ4n) is 2.08. The van der Waals surface area contributed by atoms with Crippen molar-refractivity contribution in [3.8, 4) is 0 Å². The van der Waals surface area contributed by atoms with Gasteiger partial charge in [0.25, 0.3) is 5.91 Å². The van der Waals surface area contributed by atoms with Crippen molar-refractivity contribution in [1.29, 1.82) is 0 Å². The van der Waals surface area contributed by atoms with Gasteiger partial charge in [0, 0.05) is 29.2 Å². The van der Waals surface area contributed by atoms with Gasteiger partial charge in [-0.3, -0.25) is 14.9 Å². The predicted octanol–water partition coefficient (Wildman–Crippen LogP) is 4.03. The van der Waals surface area contributed by atoms with Crippen LogP contribution < -0.4 is 10.6 Å². The summed E-state index contributed by atoms with van der Waals surface area (Å²) < 4.78 is 0. The average molecular weight is 357 g/mol. The van der Waals surface area contributed by atoms with Gasteiger partial charge in [-0.05, 0) is 53.1 Å². The third-order valence-corrected chi connectivity index (χ3v) is 4.73. The summed E-state index contributed by atoms with van der Waals surface area (Å²) in [5, 5.41) is 12.0. The molecule has 0 radical (unpaired) electrons. The van der Waals surface area contributed by atoms with Gasteiger partial charge in [-0.2, -0.15) is 11.3 Å². The molecule has 2 amide bonds. The number of benzene rings is 1. The lowest BCUT2D eigenvalue weighted by Gasteiger charge is -2.06. The summed E-state index contributed by atoms with van der Waals surface area (Å²) in [5.41, 5.74) is 2.36. The first-order valence-electron chi connectivity index (χ1n) is 7.32. The van der Waals surface area contributed by atoms with Gasteiger partial charge in [-0.1, -0.05) is 0 Å². The van der Waals surface area contributed by atoms with Gasteiger partial charge < -0.3 is 5.32 Å². The van der Waals surface area contributed by atoms with E-state index < -0.39 is 0 Å². The second kappa shape index (κ2) is 7.85. The minimum atomic E-state index is -0.222. The molecule has 0 fully saturated rings. The molecule has 3 rings (SSSR count). The molecular formula is C17H15N3O2S2. The zero-order valence-electron chi connectivity index (χ0n) is 12.7. The van der Waals surface area contributed by atoms with Gasteiger partial charge in [-0.15, -0.1) is 11.3 Å². The van der Waals surface area contributed by atoms with Crippen LogP contribution in [-0.4, -0.2) is 16.8 Å². The van der Waals surface area contributed by atoms with Crippen LogP contribution in [0.4, 0.5) is 10.8 Å².